The Hall–Kier alpha value is -1.39. The Morgan fingerprint density at radius 3 is 2.84 bits per heavy atom. The first-order valence-electron chi connectivity index (χ1n) is 6.53. The van der Waals surface area contributed by atoms with Crippen LogP contribution >= 0.6 is 11.6 Å². The Kier molecular flexibility index (Phi) is 4.93. The summed E-state index contributed by atoms with van der Waals surface area (Å²) in [5, 5.41) is 10.3. The number of carbonyl (C=O) groups excluding carboxylic acids is 1. The van der Waals surface area contributed by atoms with Crippen LogP contribution in [0.1, 0.15) is 25.3 Å². The van der Waals surface area contributed by atoms with E-state index >= 15 is 0 Å². The summed E-state index contributed by atoms with van der Waals surface area (Å²) in [4.78, 5) is 11.0. The zero-order valence-corrected chi connectivity index (χ0v) is 11.7. The molecule has 0 fully saturated rings. The van der Waals surface area contributed by atoms with Gasteiger partial charge in [0.25, 0.3) is 0 Å². The largest absolute Gasteiger partial charge is 0.299 e. The summed E-state index contributed by atoms with van der Waals surface area (Å²) < 4.78 is 0. The zero-order chi connectivity index (χ0) is 13.7. The number of aldehydes is 1. The van der Waals surface area contributed by atoms with E-state index in [9.17, 15) is 4.79 Å². The van der Waals surface area contributed by atoms with E-state index < -0.39 is 0 Å². The van der Waals surface area contributed by atoms with E-state index in [0.29, 0.717) is 11.6 Å². The van der Waals surface area contributed by atoms with Crippen LogP contribution in [0.2, 0.25) is 5.02 Å². The highest BCUT2D eigenvalue weighted by Crippen LogP contribution is 2.13. The van der Waals surface area contributed by atoms with Crippen molar-refractivity contribution < 1.29 is 4.79 Å². The molecule has 0 spiro atoms. The van der Waals surface area contributed by atoms with Gasteiger partial charge >= 0.3 is 0 Å². The van der Waals surface area contributed by atoms with Crippen LogP contribution in [-0.2, 0) is 4.79 Å². The van der Waals surface area contributed by atoms with Crippen LogP contribution in [0.3, 0.4) is 0 Å². The van der Waals surface area contributed by atoms with Crippen LogP contribution < -0.4 is 5.32 Å². The van der Waals surface area contributed by atoms with Crippen LogP contribution in [0.4, 0.5) is 0 Å². The van der Waals surface area contributed by atoms with Gasteiger partial charge in [-0.3, -0.25) is 15.1 Å². The average molecular weight is 280 g/mol. The quantitative estimate of drug-likeness (QED) is 0.841. The molecule has 1 unspecified atom stereocenters. The molecule has 1 N–H and O–H groups in total. The molecule has 0 aliphatic carbocycles. The molecule has 1 aromatic carbocycles. The van der Waals surface area contributed by atoms with Crippen molar-refractivity contribution in [3.05, 3.63) is 34.9 Å². The highest BCUT2D eigenvalue weighted by atomic mass is 35.5. The first-order chi connectivity index (χ1) is 9.24. The van der Waals surface area contributed by atoms with Crippen LogP contribution in [0.25, 0.3) is 0 Å². The SMILES string of the molecule is CCCCN1N=C(c2ccc(Cl)cc2)CNC1C=O. The van der Waals surface area contributed by atoms with Crippen LogP contribution in [-0.4, -0.2) is 36.3 Å². The summed E-state index contributed by atoms with van der Waals surface area (Å²) in [6.07, 6.45) is 2.68. The number of nitrogens with zero attached hydrogens (tertiary/aromatic N) is 2. The number of carbonyl (C=O) groups is 1. The first-order valence-corrected chi connectivity index (χ1v) is 6.91. The summed E-state index contributed by atoms with van der Waals surface area (Å²) in [6, 6.07) is 7.59. The monoisotopic (exact) mass is 279 g/mol. The molecule has 1 aliphatic rings. The molecule has 0 radical (unpaired) electrons. The van der Waals surface area contributed by atoms with Crippen molar-refractivity contribution in [2.75, 3.05) is 13.1 Å². The normalized spacial score (nSPS) is 19.2. The maximum atomic E-state index is 11.0. The molecular formula is C14H18ClN3O. The van der Waals surface area contributed by atoms with E-state index in [0.717, 1.165) is 36.9 Å². The smallest absolute Gasteiger partial charge is 0.158 e. The van der Waals surface area contributed by atoms with Gasteiger partial charge < -0.3 is 0 Å². The van der Waals surface area contributed by atoms with Crippen LogP contribution in [0, 0.1) is 0 Å². The van der Waals surface area contributed by atoms with Gasteiger partial charge in [0.2, 0.25) is 0 Å². The number of hydrazone groups is 1. The Balaban J connectivity index is 2.18. The lowest BCUT2D eigenvalue weighted by Gasteiger charge is -2.31. The lowest BCUT2D eigenvalue weighted by molar-refractivity contribution is -0.113. The number of unbranched alkanes of at least 4 members (excludes halogenated alkanes) is 1. The van der Waals surface area contributed by atoms with Gasteiger partial charge in [0.15, 0.2) is 12.5 Å². The molecule has 0 aromatic heterocycles. The number of nitrogens with one attached hydrogen (secondary N) is 1. The number of hydrogen-bond donors (Lipinski definition) is 1. The third kappa shape index (κ3) is 3.55. The molecule has 0 bridgehead atoms. The lowest BCUT2D eigenvalue weighted by Crippen LogP contribution is -2.51. The highest BCUT2D eigenvalue weighted by Gasteiger charge is 2.21. The van der Waals surface area contributed by atoms with E-state index in [1.807, 2.05) is 29.3 Å². The van der Waals surface area contributed by atoms with Gasteiger partial charge in [0.05, 0.1) is 5.71 Å². The van der Waals surface area contributed by atoms with Gasteiger partial charge in [-0.05, 0) is 24.1 Å². The maximum Gasteiger partial charge on any atom is 0.158 e. The zero-order valence-electron chi connectivity index (χ0n) is 11.0. The molecule has 1 heterocycles. The molecule has 1 aromatic rings. The summed E-state index contributed by atoms with van der Waals surface area (Å²) in [5.74, 6) is 0. The second-order valence-electron chi connectivity index (χ2n) is 4.53. The molecule has 0 saturated heterocycles. The molecule has 0 amide bonds. The fourth-order valence-electron chi connectivity index (χ4n) is 1.99. The van der Waals surface area contributed by atoms with Gasteiger partial charge in [0.1, 0.15) is 0 Å². The van der Waals surface area contributed by atoms with E-state index in [1.165, 1.54) is 0 Å². The van der Waals surface area contributed by atoms with Gasteiger partial charge in [-0.1, -0.05) is 37.1 Å². The molecule has 4 nitrogen and oxygen atoms in total. The molecule has 102 valence electrons. The Labute approximate surface area is 118 Å². The van der Waals surface area contributed by atoms with Crippen LogP contribution in [0.5, 0.6) is 0 Å². The summed E-state index contributed by atoms with van der Waals surface area (Å²) >= 11 is 5.88. The molecular weight excluding hydrogens is 262 g/mol. The van der Waals surface area contributed by atoms with E-state index in [4.69, 9.17) is 11.6 Å². The Morgan fingerprint density at radius 2 is 2.21 bits per heavy atom. The topological polar surface area (TPSA) is 44.7 Å². The molecule has 1 aliphatic heterocycles. The van der Waals surface area contributed by atoms with Crippen molar-refractivity contribution in [3.8, 4) is 0 Å². The molecule has 2 rings (SSSR count). The minimum Gasteiger partial charge on any atom is -0.299 e. The lowest BCUT2D eigenvalue weighted by atomic mass is 10.1. The van der Waals surface area contributed by atoms with Gasteiger partial charge in [-0.25, -0.2) is 0 Å². The Bertz CT molecular complexity index is 458. The molecule has 5 heteroatoms. The second kappa shape index (κ2) is 6.68. The predicted molar refractivity (Wildman–Crippen MR) is 77.5 cm³/mol. The Morgan fingerprint density at radius 1 is 1.47 bits per heavy atom. The van der Waals surface area contributed by atoms with Crippen molar-refractivity contribution in [3.63, 3.8) is 0 Å². The third-order valence-electron chi connectivity index (χ3n) is 3.10. The van der Waals surface area contributed by atoms with Crippen molar-refractivity contribution in [1.82, 2.24) is 10.3 Å². The number of benzene rings is 1. The van der Waals surface area contributed by atoms with Crippen molar-refractivity contribution >= 4 is 23.6 Å². The highest BCUT2D eigenvalue weighted by molar-refractivity contribution is 6.30. The average Bonchev–Trinajstić information content (AvgIpc) is 2.45. The van der Waals surface area contributed by atoms with E-state index in [2.05, 4.69) is 17.3 Å². The first kappa shape index (κ1) is 14.0. The van der Waals surface area contributed by atoms with Gasteiger partial charge in [-0.15, -0.1) is 0 Å². The standard InChI is InChI=1S/C14H18ClN3O/c1-2-3-8-18-14(10-19)16-9-13(17-18)11-4-6-12(15)7-5-11/h4-7,10,14,16H,2-3,8-9H2,1H3. The molecule has 19 heavy (non-hydrogen) atoms. The second-order valence-corrected chi connectivity index (χ2v) is 4.97. The molecule has 0 saturated carbocycles. The minimum absolute atomic E-state index is 0.317. The van der Waals surface area contributed by atoms with Crippen LogP contribution in [0.15, 0.2) is 29.4 Å². The number of rotatable bonds is 5. The number of halogens is 1. The van der Waals surface area contributed by atoms with Crippen molar-refractivity contribution in [2.45, 2.75) is 25.9 Å². The van der Waals surface area contributed by atoms with E-state index in [-0.39, 0.29) is 6.17 Å². The predicted octanol–water partition coefficient (Wildman–Crippen LogP) is 2.27. The summed E-state index contributed by atoms with van der Waals surface area (Å²) in [5.41, 5.74) is 1.97. The summed E-state index contributed by atoms with van der Waals surface area (Å²) in [6.45, 7) is 3.49. The third-order valence-corrected chi connectivity index (χ3v) is 3.35. The fraction of sp³-hybridized carbons (Fsp3) is 0.429. The number of hydrogen-bond acceptors (Lipinski definition) is 4. The van der Waals surface area contributed by atoms with Gasteiger partial charge in [0, 0.05) is 18.1 Å². The summed E-state index contributed by atoms with van der Waals surface area (Å²) in [7, 11) is 0. The maximum absolute atomic E-state index is 11.0. The fourth-order valence-corrected chi connectivity index (χ4v) is 2.11. The van der Waals surface area contributed by atoms with E-state index in [1.54, 1.807) is 0 Å². The molecule has 1 atom stereocenters. The van der Waals surface area contributed by atoms with Crippen molar-refractivity contribution in [2.24, 2.45) is 5.10 Å². The van der Waals surface area contributed by atoms with Gasteiger partial charge in [-0.2, -0.15) is 5.10 Å². The van der Waals surface area contributed by atoms with Crippen molar-refractivity contribution in [1.29, 1.82) is 0 Å². The minimum atomic E-state index is -0.317.